The third-order valence-electron chi connectivity index (χ3n) is 6.28. The molecular formula is C30H47NO10. The fourth-order valence-corrected chi connectivity index (χ4v) is 3.93. The van der Waals surface area contributed by atoms with Crippen molar-refractivity contribution in [2.45, 2.75) is 110 Å². The van der Waals surface area contributed by atoms with Crippen molar-refractivity contribution in [1.29, 1.82) is 0 Å². The van der Waals surface area contributed by atoms with E-state index in [0.717, 1.165) is 25.7 Å². The summed E-state index contributed by atoms with van der Waals surface area (Å²) in [4.78, 5) is 48.8. The maximum atomic E-state index is 12.4. The van der Waals surface area contributed by atoms with Gasteiger partial charge in [0.15, 0.2) is 11.5 Å². The molecule has 3 atom stereocenters. The summed E-state index contributed by atoms with van der Waals surface area (Å²) in [7, 11) is 0. The van der Waals surface area contributed by atoms with E-state index in [9.17, 15) is 24.3 Å². The predicted octanol–water partition coefficient (Wildman–Crippen LogP) is 6.35. The molecule has 1 rings (SSSR count). The van der Waals surface area contributed by atoms with Crippen molar-refractivity contribution in [2.24, 2.45) is 11.7 Å². The van der Waals surface area contributed by atoms with E-state index in [-0.39, 0.29) is 43.5 Å². The van der Waals surface area contributed by atoms with Gasteiger partial charge in [-0.25, -0.2) is 9.59 Å². The zero-order valence-electron chi connectivity index (χ0n) is 25.0. The Kier molecular flexibility index (Phi) is 17.1. The molecule has 0 bridgehead atoms. The Morgan fingerprint density at radius 2 is 1.41 bits per heavy atom. The second kappa shape index (κ2) is 19.7. The van der Waals surface area contributed by atoms with Crippen LogP contribution in [0.25, 0.3) is 0 Å². The summed E-state index contributed by atoms with van der Waals surface area (Å²) in [5.41, 5.74) is 6.41. The second-order valence-electron chi connectivity index (χ2n) is 10.5. The minimum atomic E-state index is -1.36. The van der Waals surface area contributed by atoms with Gasteiger partial charge in [0.2, 0.25) is 0 Å². The SMILES string of the molecule is CCCCCOC(=O)Oc1ccc(C(CC(C)OC(=O)CCC(C)C)[C@H](N)C(=O)O)cc1OC(=O)OCCCCC. The van der Waals surface area contributed by atoms with Gasteiger partial charge in [0.1, 0.15) is 6.04 Å². The van der Waals surface area contributed by atoms with Gasteiger partial charge in [0, 0.05) is 12.3 Å². The lowest BCUT2D eigenvalue weighted by Gasteiger charge is -2.25. The molecular weight excluding hydrogens is 534 g/mol. The van der Waals surface area contributed by atoms with Gasteiger partial charge in [-0.15, -0.1) is 0 Å². The van der Waals surface area contributed by atoms with Crippen LogP contribution in [0.3, 0.4) is 0 Å². The van der Waals surface area contributed by atoms with Gasteiger partial charge in [-0.3, -0.25) is 9.59 Å². The minimum absolute atomic E-state index is 0.0848. The molecule has 0 aromatic heterocycles. The van der Waals surface area contributed by atoms with Crippen LogP contribution in [0.4, 0.5) is 9.59 Å². The van der Waals surface area contributed by atoms with E-state index in [1.165, 1.54) is 18.2 Å². The van der Waals surface area contributed by atoms with Gasteiger partial charge in [-0.1, -0.05) is 59.4 Å². The number of nitrogens with two attached hydrogens (primary N) is 1. The van der Waals surface area contributed by atoms with Crippen LogP contribution in [-0.4, -0.2) is 54.7 Å². The van der Waals surface area contributed by atoms with E-state index in [0.29, 0.717) is 30.7 Å². The number of carbonyl (C=O) groups excluding carboxylic acids is 3. The van der Waals surface area contributed by atoms with Crippen LogP contribution in [0.5, 0.6) is 11.5 Å². The highest BCUT2D eigenvalue weighted by Crippen LogP contribution is 2.35. The topological polar surface area (TPSA) is 161 Å². The third kappa shape index (κ3) is 14.7. The summed E-state index contributed by atoms with van der Waals surface area (Å²) in [5, 5.41) is 9.68. The molecule has 0 saturated carbocycles. The van der Waals surface area contributed by atoms with Crippen LogP contribution in [-0.2, 0) is 23.8 Å². The summed E-state index contributed by atoms with van der Waals surface area (Å²) in [6.07, 6.45) is 3.35. The maximum absolute atomic E-state index is 12.4. The number of hydrogen-bond donors (Lipinski definition) is 2. The van der Waals surface area contributed by atoms with Crippen LogP contribution in [0.2, 0.25) is 0 Å². The highest BCUT2D eigenvalue weighted by atomic mass is 16.7. The van der Waals surface area contributed by atoms with Gasteiger partial charge < -0.3 is 34.5 Å². The molecule has 0 aliphatic carbocycles. The summed E-state index contributed by atoms with van der Waals surface area (Å²) in [5.74, 6) is -2.43. The highest BCUT2D eigenvalue weighted by molar-refractivity contribution is 5.75. The molecule has 2 unspecified atom stereocenters. The van der Waals surface area contributed by atoms with Gasteiger partial charge in [-0.2, -0.15) is 0 Å². The zero-order chi connectivity index (χ0) is 30.8. The molecule has 0 saturated heterocycles. The third-order valence-corrected chi connectivity index (χ3v) is 6.28. The maximum Gasteiger partial charge on any atom is 0.513 e. The van der Waals surface area contributed by atoms with E-state index >= 15 is 0 Å². The molecule has 0 aliphatic heterocycles. The number of hydrogen-bond acceptors (Lipinski definition) is 10. The lowest BCUT2D eigenvalue weighted by Crippen LogP contribution is -2.38. The number of unbranched alkanes of at least 4 members (excludes halogenated alkanes) is 4. The van der Waals surface area contributed by atoms with Crippen molar-refractivity contribution in [1.82, 2.24) is 0 Å². The molecule has 0 heterocycles. The van der Waals surface area contributed by atoms with E-state index in [1.807, 2.05) is 27.7 Å². The van der Waals surface area contributed by atoms with Gasteiger partial charge >= 0.3 is 24.2 Å². The largest absolute Gasteiger partial charge is 0.513 e. The fraction of sp³-hybridized carbons (Fsp3) is 0.667. The van der Waals surface area contributed by atoms with Crippen molar-refractivity contribution >= 4 is 24.2 Å². The van der Waals surface area contributed by atoms with Crippen molar-refractivity contribution in [3.05, 3.63) is 23.8 Å². The first-order chi connectivity index (χ1) is 19.5. The van der Waals surface area contributed by atoms with Crippen molar-refractivity contribution < 1.29 is 48.0 Å². The number of ether oxygens (including phenoxy) is 5. The summed E-state index contributed by atoms with van der Waals surface area (Å²) in [6, 6.07) is 2.88. The lowest BCUT2D eigenvalue weighted by atomic mass is 9.87. The Labute approximate surface area is 243 Å². The second-order valence-corrected chi connectivity index (χ2v) is 10.5. The first kappa shape index (κ1) is 35.7. The summed E-state index contributed by atoms with van der Waals surface area (Å²) in [6.45, 7) is 10.0. The molecule has 3 N–H and O–H groups in total. The van der Waals surface area contributed by atoms with Gasteiger partial charge in [-0.05, 0) is 56.2 Å². The average Bonchev–Trinajstić information content (AvgIpc) is 2.91. The number of rotatable bonds is 19. The molecule has 0 amide bonds. The lowest BCUT2D eigenvalue weighted by molar-refractivity contribution is -0.149. The standard InChI is InChI=1S/C30H47NO10/c1-6-8-10-16-37-29(35)40-24-14-13-22(19-25(24)41-30(36)38-17-11-9-7-2)23(27(31)28(33)34)18-21(5)39-26(32)15-12-20(3)4/h13-14,19-21,23,27H,6-12,15-18,31H2,1-5H3,(H,33,34)/t21?,23?,27-/m0/s1. The first-order valence-electron chi connectivity index (χ1n) is 14.5. The molecule has 1 aromatic rings. The molecule has 41 heavy (non-hydrogen) atoms. The van der Waals surface area contributed by atoms with Gasteiger partial charge in [0.25, 0.3) is 0 Å². The van der Waals surface area contributed by atoms with Crippen LogP contribution < -0.4 is 15.2 Å². The van der Waals surface area contributed by atoms with Crippen molar-refractivity contribution in [3.8, 4) is 11.5 Å². The summed E-state index contributed by atoms with van der Waals surface area (Å²) < 4.78 is 26.3. The van der Waals surface area contributed by atoms with E-state index in [2.05, 4.69) is 0 Å². The quantitative estimate of drug-likeness (QED) is 0.0810. The van der Waals surface area contributed by atoms with E-state index < -0.39 is 36.3 Å². The average molecular weight is 582 g/mol. The van der Waals surface area contributed by atoms with Crippen molar-refractivity contribution in [3.63, 3.8) is 0 Å². The fourth-order valence-electron chi connectivity index (χ4n) is 3.93. The Hall–Kier alpha value is -3.34. The Bertz CT molecular complexity index is 965. The molecule has 11 nitrogen and oxygen atoms in total. The highest BCUT2D eigenvalue weighted by Gasteiger charge is 2.30. The Balaban J connectivity index is 3.19. The monoisotopic (exact) mass is 581 g/mol. The smallest absolute Gasteiger partial charge is 0.480 e. The minimum Gasteiger partial charge on any atom is -0.480 e. The van der Waals surface area contributed by atoms with Crippen LogP contribution in [0.15, 0.2) is 18.2 Å². The van der Waals surface area contributed by atoms with Gasteiger partial charge in [0.05, 0.1) is 19.3 Å². The van der Waals surface area contributed by atoms with Crippen LogP contribution in [0, 0.1) is 5.92 Å². The molecule has 11 heteroatoms. The Morgan fingerprint density at radius 1 is 0.854 bits per heavy atom. The van der Waals surface area contributed by atoms with Crippen LogP contribution in [0.1, 0.15) is 104 Å². The van der Waals surface area contributed by atoms with Crippen molar-refractivity contribution in [2.75, 3.05) is 13.2 Å². The zero-order valence-corrected chi connectivity index (χ0v) is 25.0. The molecule has 0 aliphatic rings. The molecule has 0 spiro atoms. The number of esters is 1. The van der Waals surface area contributed by atoms with Crippen LogP contribution >= 0.6 is 0 Å². The van der Waals surface area contributed by atoms with E-state index in [1.54, 1.807) is 6.92 Å². The number of benzene rings is 1. The normalized spacial score (nSPS) is 13.1. The number of carboxylic acids is 1. The van der Waals surface area contributed by atoms with E-state index in [4.69, 9.17) is 29.4 Å². The first-order valence-corrected chi connectivity index (χ1v) is 14.5. The molecule has 0 fully saturated rings. The Morgan fingerprint density at radius 3 is 1.93 bits per heavy atom. The number of aliphatic carboxylic acids is 1. The number of carboxylic acid groups (broad SMARTS) is 1. The number of carbonyl (C=O) groups is 4. The predicted molar refractivity (Wildman–Crippen MR) is 152 cm³/mol. The molecule has 0 radical (unpaired) electrons. The molecule has 1 aromatic carbocycles. The molecule has 232 valence electrons. The summed E-state index contributed by atoms with van der Waals surface area (Å²) >= 11 is 0.